The van der Waals surface area contributed by atoms with Crippen molar-refractivity contribution in [2.75, 3.05) is 19.6 Å². The Morgan fingerprint density at radius 3 is 2.95 bits per heavy atom. The standard InChI is InChI=1S/C15H24N4/c1-11(7-16)8-17-9-15(2,3)12-4-5-13-14(6-12)19-10-18-13/h4-6,10-11,17H,7-9,16H2,1-3H3,(H,18,19). The highest BCUT2D eigenvalue weighted by molar-refractivity contribution is 5.75. The largest absolute Gasteiger partial charge is 0.345 e. The quantitative estimate of drug-likeness (QED) is 0.744. The van der Waals surface area contributed by atoms with E-state index in [4.69, 9.17) is 5.73 Å². The van der Waals surface area contributed by atoms with Gasteiger partial charge < -0.3 is 16.0 Å². The number of aromatic amines is 1. The molecule has 19 heavy (non-hydrogen) atoms. The summed E-state index contributed by atoms with van der Waals surface area (Å²) < 4.78 is 0. The zero-order chi connectivity index (χ0) is 13.9. The van der Waals surface area contributed by atoms with Crippen LogP contribution < -0.4 is 11.1 Å². The van der Waals surface area contributed by atoms with Gasteiger partial charge in [0.15, 0.2) is 0 Å². The van der Waals surface area contributed by atoms with Gasteiger partial charge in [-0.3, -0.25) is 0 Å². The molecule has 2 rings (SSSR count). The van der Waals surface area contributed by atoms with Crippen LogP contribution in [-0.4, -0.2) is 29.6 Å². The molecule has 104 valence electrons. The van der Waals surface area contributed by atoms with E-state index in [1.54, 1.807) is 6.33 Å². The van der Waals surface area contributed by atoms with Gasteiger partial charge in [-0.15, -0.1) is 0 Å². The Kier molecular flexibility index (Phi) is 4.22. The Balaban J connectivity index is 2.05. The average Bonchev–Trinajstić information content (AvgIpc) is 2.85. The Hall–Kier alpha value is -1.39. The second-order valence-electron chi connectivity index (χ2n) is 5.99. The number of nitrogens with two attached hydrogens (primary N) is 1. The van der Waals surface area contributed by atoms with E-state index in [9.17, 15) is 0 Å². The summed E-state index contributed by atoms with van der Waals surface area (Å²) in [6.45, 7) is 9.31. The van der Waals surface area contributed by atoms with Crippen molar-refractivity contribution in [2.24, 2.45) is 11.7 Å². The first kappa shape index (κ1) is 14.0. The molecule has 1 atom stereocenters. The lowest BCUT2D eigenvalue weighted by molar-refractivity contribution is 0.435. The number of fused-ring (bicyclic) bond motifs is 1. The van der Waals surface area contributed by atoms with Crippen LogP contribution >= 0.6 is 0 Å². The molecule has 4 nitrogen and oxygen atoms in total. The Morgan fingerprint density at radius 1 is 1.42 bits per heavy atom. The van der Waals surface area contributed by atoms with Crippen molar-refractivity contribution in [3.8, 4) is 0 Å². The number of nitrogens with zero attached hydrogens (tertiary/aromatic N) is 1. The van der Waals surface area contributed by atoms with Crippen molar-refractivity contribution >= 4 is 11.0 Å². The second kappa shape index (κ2) is 5.72. The highest BCUT2D eigenvalue weighted by Gasteiger charge is 2.20. The number of benzene rings is 1. The second-order valence-corrected chi connectivity index (χ2v) is 5.99. The third-order valence-corrected chi connectivity index (χ3v) is 3.66. The van der Waals surface area contributed by atoms with Crippen LogP contribution in [0.25, 0.3) is 11.0 Å². The monoisotopic (exact) mass is 260 g/mol. The molecule has 1 unspecified atom stereocenters. The Bertz CT molecular complexity index is 530. The molecule has 0 spiro atoms. The van der Waals surface area contributed by atoms with Gasteiger partial charge in [0.05, 0.1) is 17.4 Å². The number of imidazole rings is 1. The molecule has 1 heterocycles. The molecule has 0 fully saturated rings. The fraction of sp³-hybridized carbons (Fsp3) is 0.533. The van der Waals surface area contributed by atoms with Crippen LogP contribution in [0.5, 0.6) is 0 Å². The summed E-state index contributed by atoms with van der Waals surface area (Å²) in [5.74, 6) is 0.519. The fourth-order valence-electron chi connectivity index (χ4n) is 2.17. The van der Waals surface area contributed by atoms with Gasteiger partial charge in [-0.05, 0) is 36.7 Å². The molecule has 0 aliphatic heterocycles. The van der Waals surface area contributed by atoms with E-state index < -0.39 is 0 Å². The van der Waals surface area contributed by atoms with Crippen molar-refractivity contribution in [3.05, 3.63) is 30.1 Å². The van der Waals surface area contributed by atoms with Crippen molar-refractivity contribution in [3.63, 3.8) is 0 Å². The molecule has 1 aromatic heterocycles. The number of H-pyrrole nitrogens is 1. The van der Waals surface area contributed by atoms with Gasteiger partial charge in [0.25, 0.3) is 0 Å². The van der Waals surface area contributed by atoms with Crippen LogP contribution in [0.3, 0.4) is 0 Å². The minimum absolute atomic E-state index is 0.0909. The summed E-state index contributed by atoms with van der Waals surface area (Å²) in [4.78, 5) is 7.42. The van der Waals surface area contributed by atoms with Gasteiger partial charge in [-0.1, -0.05) is 26.8 Å². The number of nitrogens with one attached hydrogen (secondary N) is 2. The molecule has 4 heteroatoms. The molecular weight excluding hydrogens is 236 g/mol. The maximum Gasteiger partial charge on any atom is 0.0931 e. The third-order valence-electron chi connectivity index (χ3n) is 3.66. The lowest BCUT2D eigenvalue weighted by Gasteiger charge is -2.26. The van der Waals surface area contributed by atoms with Gasteiger partial charge in [0, 0.05) is 12.0 Å². The van der Waals surface area contributed by atoms with Gasteiger partial charge in [-0.2, -0.15) is 0 Å². The molecule has 0 saturated heterocycles. The summed E-state index contributed by atoms with van der Waals surface area (Å²) >= 11 is 0. The molecule has 1 aromatic carbocycles. The van der Waals surface area contributed by atoms with Gasteiger partial charge in [-0.25, -0.2) is 4.98 Å². The van der Waals surface area contributed by atoms with Gasteiger partial charge in [0.1, 0.15) is 0 Å². The number of rotatable bonds is 6. The number of hydrogen-bond acceptors (Lipinski definition) is 3. The zero-order valence-electron chi connectivity index (χ0n) is 12.0. The van der Waals surface area contributed by atoms with Crippen LogP contribution in [-0.2, 0) is 5.41 Å². The Morgan fingerprint density at radius 2 is 2.21 bits per heavy atom. The summed E-state index contributed by atoms with van der Waals surface area (Å²) in [6.07, 6.45) is 1.74. The minimum Gasteiger partial charge on any atom is -0.345 e. The van der Waals surface area contributed by atoms with E-state index >= 15 is 0 Å². The maximum absolute atomic E-state index is 5.63. The molecule has 0 saturated carbocycles. The molecule has 0 radical (unpaired) electrons. The van der Waals surface area contributed by atoms with E-state index in [1.165, 1.54) is 5.56 Å². The lowest BCUT2D eigenvalue weighted by atomic mass is 9.84. The summed E-state index contributed by atoms with van der Waals surface area (Å²) in [5, 5.41) is 3.51. The van der Waals surface area contributed by atoms with Crippen molar-refractivity contribution in [2.45, 2.75) is 26.2 Å². The molecule has 2 aromatic rings. The molecule has 0 aliphatic rings. The summed E-state index contributed by atoms with van der Waals surface area (Å²) in [7, 11) is 0. The van der Waals surface area contributed by atoms with Crippen molar-refractivity contribution in [1.82, 2.24) is 15.3 Å². The Labute approximate surface area is 114 Å². The topological polar surface area (TPSA) is 66.7 Å². The van der Waals surface area contributed by atoms with Crippen molar-refractivity contribution in [1.29, 1.82) is 0 Å². The predicted molar refractivity (Wildman–Crippen MR) is 80.2 cm³/mol. The SMILES string of the molecule is CC(CN)CNCC(C)(C)c1ccc2nc[nH]c2c1. The average molecular weight is 260 g/mol. The first-order chi connectivity index (χ1) is 9.03. The van der Waals surface area contributed by atoms with Crippen molar-refractivity contribution < 1.29 is 0 Å². The highest BCUT2D eigenvalue weighted by Crippen LogP contribution is 2.25. The fourth-order valence-corrected chi connectivity index (χ4v) is 2.17. The zero-order valence-corrected chi connectivity index (χ0v) is 12.0. The van der Waals surface area contributed by atoms with E-state index in [-0.39, 0.29) is 5.41 Å². The predicted octanol–water partition coefficient (Wildman–Crippen LogP) is 2.02. The molecule has 0 aliphatic carbocycles. The normalized spacial score (nSPS) is 13.9. The molecule has 4 N–H and O–H groups in total. The van der Waals surface area contributed by atoms with Crippen LogP contribution in [0.1, 0.15) is 26.3 Å². The molecule has 0 amide bonds. The maximum atomic E-state index is 5.63. The smallest absolute Gasteiger partial charge is 0.0931 e. The van der Waals surface area contributed by atoms with Crippen LogP contribution in [0.15, 0.2) is 24.5 Å². The minimum atomic E-state index is 0.0909. The number of aromatic nitrogens is 2. The van der Waals surface area contributed by atoms with Gasteiger partial charge in [0.2, 0.25) is 0 Å². The van der Waals surface area contributed by atoms with E-state index in [0.717, 1.165) is 30.7 Å². The van der Waals surface area contributed by atoms with E-state index in [2.05, 4.69) is 54.3 Å². The molecular formula is C15H24N4. The first-order valence-electron chi connectivity index (χ1n) is 6.87. The van der Waals surface area contributed by atoms with E-state index in [1.807, 2.05) is 0 Å². The van der Waals surface area contributed by atoms with E-state index in [0.29, 0.717) is 5.92 Å². The highest BCUT2D eigenvalue weighted by atomic mass is 14.9. The number of hydrogen-bond donors (Lipinski definition) is 3. The first-order valence-corrected chi connectivity index (χ1v) is 6.87. The summed E-state index contributed by atoms with van der Waals surface area (Å²) in [5.41, 5.74) is 9.16. The molecule has 0 bridgehead atoms. The van der Waals surface area contributed by atoms with Gasteiger partial charge >= 0.3 is 0 Å². The van der Waals surface area contributed by atoms with Crippen LogP contribution in [0.2, 0.25) is 0 Å². The van der Waals surface area contributed by atoms with Crippen LogP contribution in [0, 0.1) is 5.92 Å². The van der Waals surface area contributed by atoms with Crippen LogP contribution in [0.4, 0.5) is 0 Å². The lowest BCUT2D eigenvalue weighted by Crippen LogP contribution is -2.36. The third kappa shape index (κ3) is 3.33. The summed E-state index contributed by atoms with van der Waals surface area (Å²) in [6, 6.07) is 6.43.